The summed E-state index contributed by atoms with van der Waals surface area (Å²) in [5.41, 5.74) is 5.72. The molecule has 2 aromatic rings. The second kappa shape index (κ2) is 4.44. The quantitative estimate of drug-likeness (QED) is 0.889. The number of benzene rings is 1. The molecule has 0 fully saturated rings. The van der Waals surface area contributed by atoms with Crippen LogP contribution in [0, 0.1) is 5.82 Å². The molecule has 4 nitrogen and oxygen atoms in total. The van der Waals surface area contributed by atoms with E-state index in [1.807, 2.05) is 0 Å². The molecular formula is C10H8BrFN4. The van der Waals surface area contributed by atoms with Crippen LogP contribution >= 0.6 is 15.9 Å². The maximum atomic E-state index is 13.5. The van der Waals surface area contributed by atoms with Gasteiger partial charge in [-0.1, -0.05) is 6.07 Å². The molecule has 0 spiro atoms. The SMILES string of the molecule is Nc1ccc(Nc2c(F)cccc2Br)nn1. The highest BCUT2D eigenvalue weighted by Gasteiger charge is 2.07. The zero-order chi connectivity index (χ0) is 11.5. The Kier molecular flexibility index (Phi) is 3.00. The monoisotopic (exact) mass is 282 g/mol. The molecule has 0 aliphatic heterocycles. The third kappa shape index (κ3) is 2.27. The molecule has 0 aliphatic carbocycles. The van der Waals surface area contributed by atoms with Crippen LogP contribution in [0.2, 0.25) is 0 Å². The summed E-state index contributed by atoms with van der Waals surface area (Å²) in [7, 11) is 0. The molecule has 0 bridgehead atoms. The average molecular weight is 283 g/mol. The first-order valence-electron chi connectivity index (χ1n) is 4.47. The van der Waals surface area contributed by atoms with E-state index in [-0.39, 0.29) is 5.82 Å². The lowest BCUT2D eigenvalue weighted by Gasteiger charge is -2.07. The highest BCUT2D eigenvalue weighted by atomic mass is 79.9. The van der Waals surface area contributed by atoms with Crippen LogP contribution in [0.25, 0.3) is 0 Å². The lowest BCUT2D eigenvalue weighted by Crippen LogP contribution is -2.00. The molecule has 0 saturated carbocycles. The summed E-state index contributed by atoms with van der Waals surface area (Å²) in [6, 6.07) is 7.92. The van der Waals surface area contributed by atoms with E-state index >= 15 is 0 Å². The topological polar surface area (TPSA) is 63.8 Å². The van der Waals surface area contributed by atoms with Crippen LogP contribution in [0.1, 0.15) is 0 Å². The van der Waals surface area contributed by atoms with E-state index in [9.17, 15) is 4.39 Å². The second-order valence-corrected chi connectivity index (χ2v) is 3.92. The van der Waals surface area contributed by atoms with Gasteiger partial charge in [0.25, 0.3) is 0 Å². The van der Waals surface area contributed by atoms with Crippen LogP contribution in [0.4, 0.5) is 21.7 Å². The largest absolute Gasteiger partial charge is 0.382 e. The molecule has 0 unspecified atom stereocenters. The number of nitrogens with zero attached hydrogens (tertiary/aromatic N) is 2. The Morgan fingerprint density at radius 3 is 2.62 bits per heavy atom. The maximum Gasteiger partial charge on any atom is 0.153 e. The van der Waals surface area contributed by atoms with E-state index in [1.165, 1.54) is 6.07 Å². The molecule has 1 aromatic heterocycles. The first kappa shape index (κ1) is 10.8. The fourth-order valence-electron chi connectivity index (χ4n) is 1.15. The van der Waals surface area contributed by atoms with Crippen LogP contribution in [-0.4, -0.2) is 10.2 Å². The molecule has 6 heteroatoms. The number of hydrogen-bond acceptors (Lipinski definition) is 4. The van der Waals surface area contributed by atoms with Crippen LogP contribution in [-0.2, 0) is 0 Å². The van der Waals surface area contributed by atoms with Gasteiger partial charge in [-0.3, -0.25) is 0 Å². The van der Waals surface area contributed by atoms with Crippen molar-refractivity contribution in [1.82, 2.24) is 10.2 Å². The molecule has 1 heterocycles. The molecule has 3 N–H and O–H groups in total. The average Bonchev–Trinajstić information content (AvgIpc) is 2.26. The summed E-state index contributed by atoms with van der Waals surface area (Å²) in [5.74, 6) is 0.381. The number of nitrogens with one attached hydrogen (secondary N) is 1. The minimum Gasteiger partial charge on any atom is -0.382 e. The van der Waals surface area contributed by atoms with Crippen molar-refractivity contribution < 1.29 is 4.39 Å². The van der Waals surface area contributed by atoms with Gasteiger partial charge in [-0.2, -0.15) is 0 Å². The van der Waals surface area contributed by atoms with Crippen LogP contribution in [0.15, 0.2) is 34.8 Å². The lowest BCUT2D eigenvalue weighted by molar-refractivity contribution is 0.631. The summed E-state index contributed by atoms with van der Waals surface area (Å²) >= 11 is 3.24. The predicted octanol–water partition coefficient (Wildman–Crippen LogP) is 2.70. The van der Waals surface area contributed by atoms with Gasteiger partial charge in [0.05, 0.1) is 5.69 Å². The predicted molar refractivity (Wildman–Crippen MR) is 63.8 cm³/mol. The smallest absolute Gasteiger partial charge is 0.153 e. The Labute approximate surface area is 99.8 Å². The number of nitrogens with two attached hydrogens (primary N) is 1. The fourth-order valence-corrected chi connectivity index (χ4v) is 1.60. The van der Waals surface area contributed by atoms with Gasteiger partial charge in [0.2, 0.25) is 0 Å². The molecule has 0 saturated heterocycles. The first-order valence-corrected chi connectivity index (χ1v) is 5.26. The highest BCUT2D eigenvalue weighted by Crippen LogP contribution is 2.27. The third-order valence-corrected chi connectivity index (χ3v) is 2.56. The number of rotatable bonds is 2. The molecule has 0 aliphatic rings. The van der Waals surface area contributed by atoms with E-state index in [0.717, 1.165) is 0 Å². The van der Waals surface area contributed by atoms with Gasteiger partial charge in [0, 0.05) is 4.47 Å². The zero-order valence-electron chi connectivity index (χ0n) is 8.11. The summed E-state index contributed by atoms with van der Waals surface area (Å²) in [5, 5.41) is 10.3. The number of anilines is 3. The molecular weight excluding hydrogens is 275 g/mol. The van der Waals surface area contributed by atoms with E-state index < -0.39 is 0 Å². The fraction of sp³-hybridized carbons (Fsp3) is 0. The molecule has 0 radical (unpaired) electrons. The Hall–Kier alpha value is -1.69. The van der Waals surface area contributed by atoms with Crippen molar-refractivity contribution >= 4 is 33.3 Å². The Bertz CT molecular complexity index is 480. The summed E-state index contributed by atoms with van der Waals surface area (Å²) < 4.78 is 14.1. The van der Waals surface area contributed by atoms with Gasteiger partial charge < -0.3 is 11.1 Å². The Morgan fingerprint density at radius 1 is 1.19 bits per heavy atom. The van der Waals surface area contributed by atoms with Gasteiger partial charge in [-0.05, 0) is 40.2 Å². The summed E-state index contributed by atoms with van der Waals surface area (Å²) in [6.07, 6.45) is 0. The van der Waals surface area contributed by atoms with Gasteiger partial charge in [0.15, 0.2) is 5.82 Å². The molecule has 82 valence electrons. The van der Waals surface area contributed by atoms with Crippen molar-refractivity contribution in [2.24, 2.45) is 0 Å². The first-order chi connectivity index (χ1) is 7.66. The minimum atomic E-state index is -0.368. The maximum absolute atomic E-state index is 13.5. The normalized spacial score (nSPS) is 10.1. The van der Waals surface area contributed by atoms with Crippen molar-refractivity contribution in [1.29, 1.82) is 0 Å². The van der Waals surface area contributed by atoms with Crippen molar-refractivity contribution in [3.8, 4) is 0 Å². The molecule has 1 aromatic carbocycles. The highest BCUT2D eigenvalue weighted by molar-refractivity contribution is 9.10. The lowest BCUT2D eigenvalue weighted by atomic mass is 10.3. The zero-order valence-corrected chi connectivity index (χ0v) is 9.70. The van der Waals surface area contributed by atoms with E-state index in [1.54, 1.807) is 24.3 Å². The van der Waals surface area contributed by atoms with Crippen molar-refractivity contribution in [2.45, 2.75) is 0 Å². The molecule has 16 heavy (non-hydrogen) atoms. The van der Waals surface area contributed by atoms with Gasteiger partial charge in [0.1, 0.15) is 11.6 Å². The van der Waals surface area contributed by atoms with E-state index in [0.29, 0.717) is 21.8 Å². The number of hydrogen-bond donors (Lipinski definition) is 2. The van der Waals surface area contributed by atoms with Gasteiger partial charge in [-0.25, -0.2) is 4.39 Å². The van der Waals surface area contributed by atoms with Gasteiger partial charge in [-0.15, -0.1) is 10.2 Å². The minimum absolute atomic E-state index is 0.318. The van der Waals surface area contributed by atoms with Crippen molar-refractivity contribution in [3.05, 3.63) is 40.6 Å². The third-order valence-electron chi connectivity index (χ3n) is 1.90. The molecule has 0 atom stereocenters. The molecule has 0 amide bonds. The van der Waals surface area contributed by atoms with Crippen LogP contribution in [0.5, 0.6) is 0 Å². The van der Waals surface area contributed by atoms with Gasteiger partial charge >= 0.3 is 0 Å². The standard InChI is InChI=1S/C10H8BrFN4/c11-6-2-1-3-7(12)10(6)14-9-5-4-8(13)15-16-9/h1-5H,(H2,13,15)(H,14,16). The summed E-state index contributed by atoms with van der Waals surface area (Å²) in [4.78, 5) is 0. The Morgan fingerprint density at radius 2 is 2.00 bits per heavy atom. The molecule has 2 rings (SSSR count). The van der Waals surface area contributed by atoms with E-state index in [2.05, 4.69) is 31.4 Å². The van der Waals surface area contributed by atoms with Crippen LogP contribution < -0.4 is 11.1 Å². The number of halogens is 2. The van der Waals surface area contributed by atoms with Crippen LogP contribution in [0.3, 0.4) is 0 Å². The summed E-state index contributed by atoms with van der Waals surface area (Å²) in [6.45, 7) is 0. The van der Waals surface area contributed by atoms with Crippen molar-refractivity contribution in [2.75, 3.05) is 11.1 Å². The Balaban J connectivity index is 2.30. The number of para-hydroxylation sites is 1. The van der Waals surface area contributed by atoms with Crippen molar-refractivity contribution in [3.63, 3.8) is 0 Å². The van der Waals surface area contributed by atoms with E-state index in [4.69, 9.17) is 5.73 Å². The second-order valence-electron chi connectivity index (χ2n) is 3.07. The number of aromatic nitrogens is 2. The number of nitrogen functional groups attached to an aromatic ring is 1.